The number of halogens is 1. The largest absolute Gasteiger partial charge is 0.482 e. The Bertz CT molecular complexity index is 1190. The van der Waals surface area contributed by atoms with Crippen molar-refractivity contribution in [3.05, 3.63) is 69.5 Å². The number of nitro benzene ring substituents is 1. The summed E-state index contributed by atoms with van der Waals surface area (Å²) in [5.41, 5.74) is -1.96. The molecule has 0 saturated heterocycles. The monoisotopic (exact) mass is 565 g/mol. The molecule has 0 aliphatic heterocycles. The molecule has 0 bridgehead atoms. The molecule has 0 amide bonds. The van der Waals surface area contributed by atoms with Gasteiger partial charge in [-0.05, 0) is 64.8 Å². The fourth-order valence-electron chi connectivity index (χ4n) is 3.05. The second kappa shape index (κ2) is 14.0. The Labute approximate surface area is 229 Å². The van der Waals surface area contributed by atoms with Gasteiger partial charge in [-0.3, -0.25) is 29.3 Å². The Morgan fingerprint density at radius 3 is 1.77 bits per heavy atom. The third kappa shape index (κ3) is 11.9. The van der Waals surface area contributed by atoms with E-state index in [0.29, 0.717) is 11.6 Å². The summed E-state index contributed by atoms with van der Waals surface area (Å²) in [7, 11) is 0. The molecule has 2 aromatic carbocycles. The van der Waals surface area contributed by atoms with Crippen LogP contribution < -0.4 is 4.74 Å². The highest BCUT2D eigenvalue weighted by molar-refractivity contribution is 5.99. The number of benzene rings is 2. The number of nitro groups is 1. The number of ether oxygens (including phenoxy) is 3. The average Bonchev–Trinajstić information content (AvgIpc) is 2.75. The average molecular weight is 566 g/mol. The fourth-order valence-corrected chi connectivity index (χ4v) is 3.05. The van der Waals surface area contributed by atoms with E-state index < -0.39 is 68.7 Å². The molecule has 2 aromatic rings. The minimum atomic E-state index is -2.07. The van der Waals surface area contributed by atoms with Crippen LogP contribution in [-0.4, -0.2) is 50.2 Å². The molecule has 0 radical (unpaired) electrons. The zero-order valence-electron chi connectivity index (χ0n) is 22.9. The summed E-state index contributed by atoms with van der Waals surface area (Å²) in [6.07, 6.45) is -0.339. The van der Waals surface area contributed by atoms with E-state index in [4.69, 9.17) is 24.4 Å². The molecule has 40 heavy (non-hydrogen) atoms. The van der Waals surface area contributed by atoms with Gasteiger partial charge in [-0.1, -0.05) is 30.3 Å². The van der Waals surface area contributed by atoms with Crippen molar-refractivity contribution in [2.45, 2.75) is 71.7 Å². The third-order valence-corrected chi connectivity index (χ3v) is 4.43. The van der Waals surface area contributed by atoms with Crippen LogP contribution in [0.5, 0.6) is 5.75 Å². The number of hydrogen-bond acceptors (Lipinski definition) is 9. The normalized spacial score (nSPS) is 11.1. The van der Waals surface area contributed by atoms with Gasteiger partial charge in [-0.2, -0.15) is 4.39 Å². The molecule has 0 heterocycles. The smallest absolute Gasteiger partial charge is 0.346 e. The maximum atomic E-state index is 14.1. The van der Waals surface area contributed by atoms with E-state index in [1.54, 1.807) is 71.9 Å². The van der Waals surface area contributed by atoms with Crippen LogP contribution in [0.25, 0.3) is 0 Å². The number of carbonyl (C=O) groups excluding carboxylic acids is 2. The standard InChI is InChI=1S/C16H12FNO7.C11H20O4/c17-11-6-10(13(15(19)20)16(21)22)7-12(14(11)18(23)24)25-8-9-4-2-1-3-5-9;1-10(2,3)14-8(12)7-9(13)15-11(4,5)6/h1-7,13H,8H2,(H,19,20)(H,21,22);7H2,1-6H3. The van der Waals surface area contributed by atoms with Crippen molar-refractivity contribution in [2.24, 2.45) is 0 Å². The van der Waals surface area contributed by atoms with Crippen LogP contribution >= 0.6 is 0 Å². The summed E-state index contributed by atoms with van der Waals surface area (Å²) < 4.78 is 29.3. The van der Waals surface area contributed by atoms with Crippen molar-refractivity contribution in [1.82, 2.24) is 0 Å². The van der Waals surface area contributed by atoms with Gasteiger partial charge in [0.1, 0.15) is 24.2 Å². The van der Waals surface area contributed by atoms with Crippen LogP contribution in [0.15, 0.2) is 42.5 Å². The quantitative estimate of drug-likeness (QED) is 0.187. The summed E-state index contributed by atoms with van der Waals surface area (Å²) in [5, 5.41) is 29.0. The molecular formula is C27H32FNO11. The Balaban J connectivity index is 0.000000459. The van der Waals surface area contributed by atoms with E-state index >= 15 is 0 Å². The lowest BCUT2D eigenvalue weighted by Crippen LogP contribution is -2.29. The van der Waals surface area contributed by atoms with Crippen molar-refractivity contribution >= 4 is 29.6 Å². The zero-order valence-corrected chi connectivity index (χ0v) is 22.9. The number of carbonyl (C=O) groups is 4. The van der Waals surface area contributed by atoms with Gasteiger partial charge in [0.05, 0.1) is 4.92 Å². The van der Waals surface area contributed by atoms with E-state index in [1.165, 1.54) is 0 Å². The topological polar surface area (TPSA) is 180 Å². The highest BCUT2D eigenvalue weighted by Gasteiger charge is 2.32. The summed E-state index contributed by atoms with van der Waals surface area (Å²) in [4.78, 5) is 54.7. The minimum Gasteiger partial charge on any atom is -0.482 e. The van der Waals surface area contributed by atoms with E-state index in [0.717, 1.165) is 6.07 Å². The van der Waals surface area contributed by atoms with Crippen molar-refractivity contribution < 1.29 is 52.9 Å². The highest BCUT2D eigenvalue weighted by Crippen LogP contribution is 2.34. The predicted molar refractivity (Wildman–Crippen MR) is 138 cm³/mol. The minimum absolute atomic E-state index is 0.143. The first kappa shape index (κ1) is 33.5. The molecule has 2 N–H and O–H groups in total. The van der Waals surface area contributed by atoms with Crippen LogP contribution in [0.1, 0.15) is 65.0 Å². The second-order valence-electron chi connectivity index (χ2n) is 10.3. The summed E-state index contributed by atoms with van der Waals surface area (Å²) in [6.45, 7) is 10.4. The number of nitrogens with zero attached hydrogens (tertiary/aromatic N) is 1. The highest BCUT2D eigenvalue weighted by atomic mass is 19.1. The van der Waals surface area contributed by atoms with Crippen LogP contribution in [0.4, 0.5) is 10.1 Å². The van der Waals surface area contributed by atoms with Gasteiger partial charge in [0.15, 0.2) is 5.92 Å². The molecular weight excluding hydrogens is 533 g/mol. The molecule has 218 valence electrons. The third-order valence-electron chi connectivity index (χ3n) is 4.43. The number of carboxylic acids is 2. The van der Waals surface area contributed by atoms with Crippen LogP contribution in [-0.2, 0) is 35.3 Å². The van der Waals surface area contributed by atoms with Crippen molar-refractivity contribution in [1.29, 1.82) is 0 Å². The lowest BCUT2D eigenvalue weighted by Gasteiger charge is -2.21. The molecule has 0 aliphatic carbocycles. The Kier molecular flexibility index (Phi) is 11.7. The summed E-state index contributed by atoms with van der Waals surface area (Å²) >= 11 is 0. The zero-order chi connectivity index (χ0) is 30.8. The number of rotatable bonds is 9. The molecule has 0 atom stereocenters. The van der Waals surface area contributed by atoms with Gasteiger partial charge in [0.25, 0.3) is 0 Å². The van der Waals surface area contributed by atoms with E-state index in [9.17, 15) is 33.7 Å². The van der Waals surface area contributed by atoms with Gasteiger partial charge >= 0.3 is 29.6 Å². The maximum absolute atomic E-state index is 14.1. The number of hydrogen-bond donors (Lipinski definition) is 2. The first-order chi connectivity index (χ1) is 18.3. The lowest BCUT2D eigenvalue weighted by molar-refractivity contribution is -0.388. The number of carboxylic acid groups (broad SMARTS) is 2. The second-order valence-corrected chi connectivity index (χ2v) is 10.3. The summed E-state index contributed by atoms with van der Waals surface area (Å²) in [5.74, 6) is -8.57. The van der Waals surface area contributed by atoms with Gasteiger partial charge in [-0.25, -0.2) is 0 Å². The first-order valence-electron chi connectivity index (χ1n) is 11.8. The van der Waals surface area contributed by atoms with Crippen LogP contribution in [0, 0.1) is 15.9 Å². The van der Waals surface area contributed by atoms with Gasteiger partial charge in [-0.15, -0.1) is 0 Å². The first-order valence-corrected chi connectivity index (χ1v) is 11.8. The van der Waals surface area contributed by atoms with E-state index in [2.05, 4.69) is 0 Å². The van der Waals surface area contributed by atoms with Gasteiger partial charge < -0.3 is 24.4 Å². The van der Waals surface area contributed by atoms with Crippen LogP contribution in [0.3, 0.4) is 0 Å². The Hall–Kier alpha value is -4.55. The molecule has 0 spiro atoms. The van der Waals surface area contributed by atoms with Crippen LogP contribution in [0.2, 0.25) is 0 Å². The molecule has 0 unspecified atom stereocenters. The lowest BCUT2D eigenvalue weighted by atomic mass is 9.98. The molecule has 0 aromatic heterocycles. The van der Waals surface area contributed by atoms with Crippen molar-refractivity contribution in [2.75, 3.05) is 0 Å². The molecule has 13 heteroatoms. The molecule has 0 aliphatic rings. The molecule has 0 fully saturated rings. The van der Waals surface area contributed by atoms with Crippen molar-refractivity contribution in [3.63, 3.8) is 0 Å². The molecule has 0 saturated carbocycles. The molecule has 2 rings (SSSR count). The Morgan fingerprint density at radius 2 is 1.38 bits per heavy atom. The van der Waals surface area contributed by atoms with E-state index in [-0.39, 0.29) is 13.0 Å². The fraction of sp³-hybridized carbons (Fsp3) is 0.407. The van der Waals surface area contributed by atoms with E-state index in [1.807, 2.05) is 0 Å². The SMILES string of the molecule is CC(C)(C)OC(=O)CC(=O)OC(C)(C)C.O=C(O)C(C(=O)O)c1cc(F)c([N+](=O)[O-])c(OCc2ccccc2)c1. The maximum Gasteiger partial charge on any atom is 0.346 e. The predicted octanol–water partition coefficient (Wildman–Crippen LogP) is 4.63. The Morgan fingerprint density at radius 1 is 0.900 bits per heavy atom. The van der Waals surface area contributed by atoms with Gasteiger partial charge in [0, 0.05) is 0 Å². The van der Waals surface area contributed by atoms with Gasteiger partial charge in [0.2, 0.25) is 11.6 Å². The number of esters is 2. The molecule has 12 nitrogen and oxygen atoms in total. The number of aliphatic carboxylic acids is 2. The summed E-state index contributed by atoms with van der Waals surface area (Å²) in [6, 6.07) is 9.87. The van der Waals surface area contributed by atoms with Crippen molar-refractivity contribution in [3.8, 4) is 5.75 Å².